The van der Waals surface area contributed by atoms with E-state index in [1.165, 1.54) is 0 Å². The summed E-state index contributed by atoms with van der Waals surface area (Å²) in [5.41, 5.74) is 4.80. The summed E-state index contributed by atoms with van der Waals surface area (Å²) in [5, 5.41) is 10.8. The molecule has 1 fully saturated rings. The SMILES string of the molecule is Cc1cc(-c2cccc(OCCCCN3CCOCC3)c2)nc2c(CO)cccc12. The van der Waals surface area contributed by atoms with Gasteiger partial charge in [-0.3, -0.25) is 4.90 Å². The molecule has 5 heteroatoms. The van der Waals surface area contributed by atoms with Crippen molar-refractivity contribution in [1.29, 1.82) is 0 Å². The van der Waals surface area contributed by atoms with Gasteiger partial charge in [0.05, 0.1) is 37.6 Å². The molecule has 1 saturated heterocycles. The third-order valence-electron chi connectivity index (χ3n) is 5.67. The van der Waals surface area contributed by atoms with E-state index in [4.69, 9.17) is 14.5 Å². The van der Waals surface area contributed by atoms with Gasteiger partial charge in [0.2, 0.25) is 0 Å². The molecular formula is C25H30N2O3. The van der Waals surface area contributed by atoms with E-state index in [0.29, 0.717) is 6.61 Å². The number of para-hydroxylation sites is 1. The Hall–Kier alpha value is -2.47. The third kappa shape index (κ3) is 4.98. The lowest BCUT2D eigenvalue weighted by atomic mass is 10.0. The van der Waals surface area contributed by atoms with Gasteiger partial charge < -0.3 is 14.6 Å². The van der Waals surface area contributed by atoms with Crippen LogP contribution in [0.5, 0.6) is 5.75 Å². The van der Waals surface area contributed by atoms with Crippen LogP contribution in [0.4, 0.5) is 0 Å². The zero-order valence-corrected chi connectivity index (χ0v) is 17.6. The number of pyridine rings is 1. The molecule has 2 aromatic carbocycles. The second-order valence-electron chi connectivity index (χ2n) is 7.83. The normalized spacial score (nSPS) is 14.9. The van der Waals surface area contributed by atoms with Crippen molar-refractivity contribution in [2.24, 2.45) is 0 Å². The summed E-state index contributed by atoms with van der Waals surface area (Å²) in [6.45, 7) is 7.69. The fourth-order valence-electron chi connectivity index (χ4n) is 3.95. The quantitative estimate of drug-likeness (QED) is 0.569. The highest BCUT2D eigenvalue weighted by Gasteiger charge is 2.10. The Morgan fingerprint density at radius 3 is 2.73 bits per heavy atom. The lowest BCUT2D eigenvalue weighted by Crippen LogP contribution is -2.36. The molecule has 0 saturated carbocycles. The van der Waals surface area contributed by atoms with Gasteiger partial charge in [-0.1, -0.05) is 30.3 Å². The van der Waals surface area contributed by atoms with Crippen LogP contribution in [0, 0.1) is 6.92 Å². The zero-order chi connectivity index (χ0) is 20.8. The average Bonchev–Trinajstić information content (AvgIpc) is 2.79. The van der Waals surface area contributed by atoms with Crippen LogP contribution in [0.3, 0.4) is 0 Å². The molecule has 3 aromatic rings. The highest BCUT2D eigenvalue weighted by Crippen LogP contribution is 2.28. The first-order valence-corrected chi connectivity index (χ1v) is 10.8. The van der Waals surface area contributed by atoms with E-state index in [2.05, 4.69) is 36.1 Å². The summed E-state index contributed by atoms with van der Waals surface area (Å²) in [6, 6.07) is 16.2. The highest BCUT2D eigenvalue weighted by molar-refractivity contribution is 5.87. The van der Waals surface area contributed by atoms with Gasteiger partial charge in [0.25, 0.3) is 0 Å². The molecule has 0 radical (unpaired) electrons. The number of aromatic nitrogens is 1. The number of aliphatic hydroxyl groups excluding tert-OH is 1. The van der Waals surface area contributed by atoms with Gasteiger partial charge in [-0.2, -0.15) is 0 Å². The Kier molecular flexibility index (Phi) is 6.95. The van der Waals surface area contributed by atoms with Crippen LogP contribution in [-0.2, 0) is 11.3 Å². The van der Waals surface area contributed by atoms with Crippen LogP contribution in [0.25, 0.3) is 22.2 Å². The third-order valence-corrected chi connectivity index (χ3v) is 5.67. The molecule has 0 aliphatic carbocycles. The zero-order valence-electron chi connectivity index (χ0n) is 17.6. The van der Waals surface area contributed by atoms with Crippen LogP contribution in [0.2, 0.25) is 0 Å². The Morgan fingerprint density at radius 2 is 1.90 bits per heavy atom. The summed E-state index contributed by atoms with van der Waals surface area (Å²) in [6.07, 6.45) is 2.17. The molecule has 0 amide bonds. The molecule has 30 heavy (non-hydrogen) atoms. The van der Waals surface area contributed by atoms with E-state index < -0.39 is 0 Å². The highest BCUT2D eigenvalue weighted by atomic mass is 16.5. The first-order chi connectivity index (χ1) is 14.7. The van der Waals surface area contributed by atoms with Crippen molar-refractivity contribution in [2.45, 2.75) is 26.4 Å². The lowest BCUT2D eigenvalue weighted by Gasteiger charge is -2.26. The molecule has 158 valence electrons. The number of hydrogen-bond acceptors (Lipinski definition) is 5. The molecule has 0 bridgehead atoms. The summed E-state index contributed by atoms with van der Waals surface area (Å²) in [5.74, 6) is 0.869. The number of benzene rings is 2. The lowest BCUT2D eigenvalue weighted by molar-refractivity contribution is 0.0368. The number of nitrogens with zero attached hydrogens (tertiary/aromatic N) is 2. The van der Waals surface area contributed by atoms with E-state index in [1.807, 2.05) is 24.3 Å². The van der Waals surface area contributed by atoms with E-state index >= 15 is 0 Å². The standard InChI is InChI=1S/C25H30N2O3/c1-19-16-24(26-25-21(18-28)7-5-9-23(19)25)20-6-4-8-22(17-20)30-13-3-2-10-27-11-14-29-15-12-27/h4-9,16-17,28H,2-3,10-15,18H2,1H3. The van der Waals surface area contributed by atoms with Crippen LogP contribution < -0.4 is 4.74 Å². The van der Waals surface area contributed by atoms with Gasteiger partial charge in [-0.05, 0) is 50.1 Å². The minimum atomic E-state index is -0.0131. The predicted molar refractivity (Wildman–Crippen MR) is 120 cm³/mol. The maximum atomic E-state index is 9.69. The van der Waals surface area contributed by atoms with Crippen molar-refractivity contribution in [3.05, 3.63) is 59.7 Å². The van der Waals surface area contributed by atoms with Crippen molar-refractivity contribution in [3.8, 4) is 17.0 Å². The van der Waals surface area contributed by atoms with Crippen molar-refractivity contribution in [3.63, 3.8) is 0 Å². The van der Waals surface area contributed by atoms with Crippen LogP contribution in [0.15, 0.2) is 48.5 Å². The first-order valence-electron chi connectivity index (χ1n) is 10.8. The molecule has 0 atom stereocenters. The maximum absolute atomic E-state index is 9.69. The summed E-state index contributed by atoms with van der Waals surface area (Å²) >= 11 is 0. The largest absolute Gasteiger partial charge is 0.494 e. The molecular weight excluding hydrogens is 376 g/mol. The Labute approximate surface area is 178 Å². The van der Waals surface area contributed by atoms with Gasteiger partial charge in [0.15, 0.2) is 0 Å². The van der Waals surface area contributed by atoms with Gasteiger partial charge in [-0.25, -0.2) is 4.98 Å². The maximum Gasteiger partial charge on any atom is 0.119 e. The molecule has 1 aromatic heterocycles. The molecule has 0 spiro atoms. The van der Waals surface area contributed by atoms with Crippen LogP contribution >= 0.6 is 0 Å². The van der Waals surface area contributed by atoms with Crippen LogP contribution in [-0.4, -0.2) is 54.4 Å². The first kappa shape index (κ1) is 20.8. The number of unbranched alkanes of at least 4 members (excludes halogenated alkanes) is 1. The fraction of sp³-hybridized carbons (Fsp3) is 0.400. The van der Waals surface area contributed by atoms with Crippen molar-refractivity contribution in [2.75, 3.05) is 39.5 Å². The minimum absolute atomic E-state index is 0.0131. The number of morpholine rings is 1. The molecule has 1 aliphatic heterocycles. The van der Waals surface area contributed by atoms with Crippen molar-refractivity contribution in [1.82, 2.24) is 9.88 Å². The Balaban J connectivity index is 1.40. The molecule has 4 rings (SSSR count). The monoisotopic (exact) mass is 406 g/mol. The van der Waals surface area contributed by atoms with Gasteiger partial charge in [0.1, 0.15) is 5.75 Å². The van der Waals surface area contributed by atoms with Gasteiger partial charge >= 0.3 is 0 Å². The summed E-state index contributed by atoms with van der Waals surface area (Å²) < 4.78 is 11.4. The number of aryl methyl sites for hydroxylation is 1. The Bertz CT molecular complexity index is 983. The minimum Gasteiger partial charge on any atom is -0.494 e. The second kappa shape index (κ2) is 10.0. The smallest absolute Gasteiger partial charge is 0.119 e. The predicted octanol–water partition coefficient (Wildman–Crippen LogP) is 4.19. The van der Waals surface area contributed by atoms with Gasteiger partial charge in [-0.15, -0.1) is 0 Å². The van der Waals surface area contributed by atoms with Crippen molar-refractivity contribution >= 4 is 10.9 Å². The summed E-state index contributed by atoms with van der Waals surface area (Å²) in [4.78, 5) is 7.31. The Morgan fingerprint density at radius 1 is 1.07 bits per heavy atom. The topological polar surface area (TPSA) is 54.8 Å². The number of fused-ring (bicyclic) bond motifs is 1. The fourth-order valence-corrected chi connectivity index (χ4v) is 3.95. The summed E-state index contributed by atoms with van der Waals surface area (Å²) in [7, 11) is 0. The molecule has 5 nitrogen and oxygen atoms in total. The molecule has 1 N–H and O–H groups in total. The van der Waals surface area contributed by atoms with Gasteiger partial charge in [0, 0.05) is 29.6 Å². The average molecular weight is 407 g/mol. The number of ether oxygens (including phenoxy) is 2. The van der Waals surface area contributed by atoms with E-state index in [-0.39, 0.29) is 6.61 Å². The van der Waals surface area contributed by atoms with Crippen molar-refractivity contribution < 1.29 is 14.6 Å². The number of hydrogen-bond donors (Lipinski definition) is 1. The van der Waals surface area contributed by atoms with E-state index in [0.717, 1.165) is 84.7 Å². The van der Waals surface area contributed by atoms with E-state index in [1.54, 1.807) is 0 Å². The van der Waals surface area contributed by atoms with E-state index in [9.17, 15) is 5.11 Å². The molecule has 2 heterocycles. The number of rotatable bonds is 8. The van der Waals surface area contributed by atoms with Crippen LogP contribution in [0.1, 0.15) is 24.0 Å². The molecule has 1 aliphatic rings. The number of aliphatic hydroxyl groups is 1. The molecule has 0 unspecified atom stereocenters. The second-order valence-corrected chi connectivity index (χ2v) is 7.83.